The van der Waals surface area contributed by atoms with E-state index in [4.69, 9.17) is 10.5 Å². The molecule has 1 aliphatic rings. The van der Waals surface area contributed by atoms with Gasteiger partial charge in [0.25, 0.3) is 0 Å². The number of nitrogens with two attached hydrogens (primary N) is 1. The number of hydrogen-bond donors (Lipinski definition) is 1. The zero-order valence-electron chi connectivity index (χ0n) is 9.72. The molecule has 16 heavy (non-hydrogen) atoms. The maximum Gasteiger partial charge on any atom is 0.0945 e. The Morgan fingerprint density at radius 2 is 2.12 bits per heavy atom. The number of ether oxygens (including phenoxy) is 1. The topological polar surface area (TPSA) is 53.1 Å². The van der Waals surface area contributed by atoms with Crippen molar-refractivity contribution in [3.05, 3.63) is 18.7 Å². The molecule has 1 aliphatic carbocycles. The highest BCUT2D eigenvalue weighted by molar-refractivity contribution is 4.75. The molecule has 0 aromatic carbocycles. The molecule has 1 saturated carbocycles. The van der Waals surface area contributed by atoms with Crippen molar-refractivity contribution in [2.75, 3.05) is 6.61 Å². The zero-order valence-corrected chi connectivity index (χ0v) is 9.72. The second-order valence-electron chi connectivity index (χ2n) is 4.56. The normalized spacial score (nSPS) is 25.8. The van der Waals surface area contributed by atoms with E-state index in [9.17, 15) is 0 Å². The molecule has 1 fully saturated rings. The van der Waals surface area contributed by atoms with Gasteiger partial charge in [0.05, 0.1) is 12.4 Å². The van der Waals surface area contributed by atoms with Crippen LogP contribution < -0.4 is 5.73 Å². The maximum atomic E-state index is 5.85. The van der Waals surface area contributed by atoms with Crippen molar-refractivity contribution in [3.63, 3.8) is 0 Å². The van der Waals surface area contributed by atoms with Crippen LogP contribution in [0.25, 0.3) is 0 Å². The third kappa shape index (κ3) is 3.61. The summed E-state index contributed by atoms with van der Waals surface area (Å²) in [5.41, 5.74) is 5.85. The number of aromatic nitrogens is 2. The number of hydrogen-bond acceptors (Lipinski definition) is 3. The monoisotopic (exact) mass is 223 g/mol. The Bertz CT molecular complexity index is 278. The molecule has 0 unspecified atom stereocenters. The van der Waals surface area contributed by atoms with Gasteiger partial charge >= 0.3 is 0 Å². The second kappa shape index (κ2) is 6.01. The summed E-state index contributed by atoms with van der Waals surface area (Å²) >= 11 is 0. The predicted molar refractivity (Wildman–Crippen MR) is 63.0 cm³/mol. The lowest BCUT2D eigenvalue weighted by atomic mass is 9.94. The minimum absolute atomic E-state index is 0.408. The fraction of sp³-hybridized carbons (Fsp3) is 0.750. The van der Waals surface area contributed by atoms with Crippen LogP contribution in [0, 0.1) is 0 Å². The van der Waals surface area contributed by atoms with Crippen LogP contribution in [-0.4, -0.2) is 28.3 Å². The molecule has 1 aromatic rings. The van der Waals surface area contributed by atoms with Crippen LogP contribution in [0.15, 0.2) is 18.7 Å². The average Bonchev–Trinajstić information content (AvgIpc) is 2.80. The van der Waals surface area contributed by atoms with Crippen molar-refractivity contribution in [2.24, 2.45) is 5.73 Å². The van der Waals surface area contributed by atoms with E-state index < -0.39 is 0 Å². The van der Waals surface area contributed by atoms with Crippen molar-refractivity contribution >= 4 is 0 Å². The van der Waals surface area contributed by atoms with Gasteiger partial charge in [-0.25, -0.2) is 4.98 Å². The Labute approximate surface area is 96.8 Å². The summed E-state index contributed by atoms with van der Waals surface area (Å²) in [6.45, 7) is 1.84. The van der Waals surface area contributed by atoms with Crippen molar-refractivity contribution in [1.82, 2.24) is 9.55 Å². The molecule has 0 saturated heterocycles. The first-order valence-corrected chi connectivity index (χ1v) is 6.17. The Morgan fingerprint density at radius 1 is 1.31 bits per heavy atom. The first-order chi connectivity index (χ1) is 7.84. The van der Waals surface area contributed by atoms with Gasteiger partial charge in [0.15, 0.2) is 0 Å². The molecule has 4 nitrogen and oxygen atoms in total. The fourth-order valence-corrected chi connectivity index (χ4v) is 2.17. The lowest BCUT2D eigenvalue weighted by Gasteiger charge is -2.26. The van der Waals surface area contributed by atoms with Gasteiger partial charge in [-0.1, -0.05) is 0 Å². The quantitative estimate of drug-likeness (QED) is 0.771. The molecule has 1 aromatic heterocycles. The molecule has 0 bridgehead atoms. The SMILES string of the molecule is NC1CCC(OCCCn2ccnc2)CC1. The molecule has 2 rings (SSSR count). The minimum Gasteiger partial charge on any atom is -0.378 e. The zero-order chi connectivity index (χ0) is 11.2. The minimum atomic E-state index is 0.408. The fourth-order valence-electron chi connectivity index (χ4n) is 2.17. The van der Waals surface area contributed by atoms with Gasteiger partial charge in [0.1, 0.15) is 0 Å². The number of rotatable bonds is 5. The lowest BCUT2D eigenvalue weighted by Crippen LogP contribution is -2.30. The summed E-state index contributed by atoms with van der Waals surface area (Å²) in [5.74, 6) is 0. The van der Waals surface area contributed by atoms with E-state index in [2.05, 4.69) is 9.55 Å². The van der Waals surface area contributed by atoms with E-state index in [0.717, 1.165) is 45.3 Å². The number of imidazole rings is 1. The van der Waals surface area contributed by atoms with Crippen LogP contribution in [0.4, 0.5) is 0 Å². The van der Waals surface area contributed by atoms with Gasteiger partial charge in [-0.3, -0.25) is 0 Å². The number of nitrogens with zero attached hydrogens (tertiary/aromatic N) is 2. The van der Waals surface area contributed by atoms with Crippen molar-refractivity contribution < 1.29 is 4.74 Å². The molecule has 4 heteroatoms. The first-order valence-electron chi connectivity index (χ1n) is 6.17. The summed E-state index contributed by atoms with van der Waals surface area (Å²) in [6, 6.07) is 0.408. The van der Waals surface area contributed by atoms with Crippen LogP contribution in [0.2, 0.25) is 0 Å². The van der Waals surface area contributed by atoms with E-state index in [0.29, 0.717) is 12.1 Å². The van der Waals surface area contributed by atoms with Gasteiger partial charge in [0, 0.05) is 31.6 Å². The van der Waals surface area contributed by atoms with E-state index in [1.807, 2.05) is 18.7 Å². The van der Waals surface area contributed by atoms with Gasteiger partial charge in [-0.2, -0.15) is 0 Å². The van der Waals surface area contributed by atoms with Gasteiger partial charge in [-0.05, 0) is 32.1 Å². The summed E-state index contributed by atoms with van der Waals surface area (Å²) in [7, 11) is 0. The van der Waals surface area contributed by atoms with Gasteiger partial charge < -0.3 is 15.0 Å². The summed E-state index contributed by atoms with van der Waals surface area (Å²) in [6.07, 6.45) is 11.6. The highest BCUT2D eigenvalue weighted by Crippen LogP contribution is 2.19. The van der Waals surface area contributed by atoms with Crippen LogP contribution in [-0.2, 0) is 11.3 Å². The summed E-state index contributed by atoms with van der Waals surface area (Å²) in [4.78, 5) is 4.01. The molecule has 0 aliphatic heterocycles. The standard InChI is InChI=1S/C12H21N3O/c13-11-2-4-12(5-3-11)16-9-1-7-15-8-6-14-10-15/h6,8,10-12H,1-5,7,9,13H2. The van der Waals surface area contributed by atoms with E-state index in [1.54, 1.807) is 0 Å². The molecule has 1 heterocycles. The molecule has 0 spiro atoms. The van der Waals surface area contributed by atoms with Gasteiger partial charge in [0.2, 0.25) is 0 Å². The highest BCUT2D eigenvalue weighted by Gasteiger charge is 2.18. The average molecular weight is 223 g/mol. The van der Waals surface area contributed by atoms with Crippen LogP contribution in [0.1, 0.15) is 32.1 Å². The first kappa shape index (κ1) is 11.6. The van der Waals surface area contributed by atoms with Crippen molar-refractivity contribution in [2.45, 2.75) is 50.8 Å². The summed E-state index contributed by atoms with van der Waals surface area (Å²) in [5, 5.41) is 0. The van der Waals surface area contributed by atoms with E-state index in [1.165, 1.54) is 0 Å². The Balaban J connectivity index is 1.55. The van der Waals surface area contributed by atoms with Crippen LogP contribution in [0.5, 0.6) is 0 Å². The molecule has 90 valence electrons. The highest BCUT2D eigenvalue weighted by atomic mass is 16.5. The third-order valence-electron chi connectivity index (χ3n) is 3.19. The Hall–Kier alpha value is -0.870. The van der Waals surface area contributed by atoms with Gasteiger partial charge in [-0.15, -0.1) is 0 Å². The summed E-state index contributed by atoms with van der Waals surface area (Å²) < 4.78 is 7.92. The molecule has 0 amide bonds. The lowest BCUT2D eigenvalue weighted by molar-refractivity contribution is 0.0225. The smallest absolute Gasteiger partial charge is 0.0945 e. The third-order valence-corrected chi connectivity index (χ3v) is 3.19. The van der Waals surface area contributed by atoms with Crippen LogP contribution in [0.3, 0.4) is 0 Å². The van der Waals surface area contributed by atoms with Crippen LogP contribution >= 0.6 is 0 Å². The molecule has 2 N–H and O–H groups in total. The van der Waals surface area contributed by atoms with Crippen molar-refractivity contribution in [3.8, 4) is 0 Å². The van der Waals surface area contributed by atoms with E-state index in [-0.39, 0.29) is 0 Å². The molecule has 0 atom stereocenters. The molecular weight excluding hydrogens is 202 g/mol. The molecule has 0 radical (unpaired) electrons. The maximum absolute atomic E-state index is 5.85. The van der Waals surface area contributed by atoms with E-state index >= 15 is 0 Å². The largest absolute Gasteiger partial charge is 0.378 e. The predicted octanol–water partition coefficient (Wildman–Crippen LogP) is 1.56. The Morgan fingerprint density at radius 3 is 2.81 bits per heavy atom. The molecular formula is C12H21N3O. The Kier molecular flexibility index (Phi) is 4.36. The second-order valence-corrected chi connectivity index (χ2v) is 4.56. The van der Waals surface area contributed by atoms with Crippen molar-refractivity contribution in [1.29, 1.82) is 0 Å². The number of aryl methyl sites for hydroxylation is 1.